The standard InChI is InChI=1S/C24H32N2O4/c1-15-7-6-10-20(16(15)2)26-14-18(13-21(26)27)24(29)30-22(17-8-4-3-5-9-17)23(28)25-19-11-12-19/h3-5,8-9,15-16,18-20,22H,6-7,10-14H2,1-2H3,(H,25,28)/t15-,16-,18-,20-,22+/m1/s1. The van der Waals surface area contributed by atoms with E-state index in [0.717, 1.165) is 25.7 Å². The van der Waals surface area contributed by atoms with Crippen LogP contribution in [-0.2, 0) is 19.1 Å². The predicted molar refractivity (Wildman–Crippen MR) is 112 cm³/mol. The Kier molecular flexibility index (Phi) is 6.11. The van der Waals surface area contributed by atoms with Crippen molar-refractivity contribution in [1.82, 2.24) is 10.2 Å². The van der Waals surface area contributed by atoms with E-state index in [2.05, 4.69) is 19.2 Å². The summed E-state index contributed by atoms with van der Waals surface area (Å²) in [5, 5.41) is 2.93. The van der Waals surface area contributed by atoms with E-state index in [0.29, 0.717) is 23.9 Å². The van der Waals surface area contributed by atoms with E-state index in [1.165, 1.54) is 6.42 Å². The number of benzene rings is 1. The molecule has 6 nitrogen and oxygen atoms in total. The van der Waals surface area contributed by atoms with Gasteiger partial charge in [0.1, 0.15) is 0 Å². The van der Waals surface area contributed by atoms with Crippen molar-refractivity contribution in [2.75, 3.05) is 6.54 Å². The first kappa shape index (κ1) is 20.9. The normalized spacial score (nSPS) is 30.1. The highest BCUT2D eigenvalue weighted by Crippen LogP contribution is 2.36. The lowest BCUT2D eigenvalue weighted by molar-refractivity contribution is -0.160. The van der Waals surface area contributed by atoms with Crippen LogP contribution in [-0.4, -0.2) is 41.3 Å². The molecule has 0 radical (unpaired) electrons. The minimum atomic E-state index is -0.975. The molecule has 3 fully saturated rings. The fourth-order valence-electron chi connectivity index (χ4n) is 4.82. The van der Waals surface area contributed by atoms with Gasteiger partial charge >= 0.3 is 5.97 Å². The second-order valence-electron chi connectivity index (χ2n) is 9.29. The molecule has 0 bridgehead atoms. The number of carbonyl (C=O) groups is 3. The summed E-state index contributed by atoms with van der Waals surface area (Å²) in [5.41, 5.74) is 0.653. The van der Waals surface area contributed by atoms with Gasteiger partial charge in [0.15, 0.2) is 0 Å². The monoisotopic (exact) mass is 412 g/mol. The summed E-state index contributed by atoms with van der Waals surface area (Å²) in [7, 11) is 0. The lowest BCUT2D eigenvalue weighted by Crippen LogP contribution is -2.45. The van der Waals surface area contributed by atoms with Crippen molar-refractivity contribution in [2.45, 2.75) is 70.6 Å². The summed E-state index contributed by atoms with van der Waals surface area (Å²) >= 11 is 0. The Labute approximate surface area is 178 Å². The number of ether oxygens (including phenoxy) is 1. The summed E-state index contributed by atoms with van der Waals surface area (Å²) in [6, 6.07) is 9.48. The minimum Gasteiger partial charge on any atom is -0.447 e. The summed E-state index contributed by atoms with van der Waals surface area (Å²) in [4.78, 5) is 40.3. The Hall–Kier alpha value is -2.37. The Balaban J connectivity index is 1.43. The second-order valence-corrected chi connectivity index (χ2v) is 9.29. The zero-order valence-electron chi connectivity index (χ0n) is 17.9. The van der Waals surface area contributed by atoms with Crippen LogP contribution in [0.3, 0.4) is 0 Å². The minimum absolute atomic E-state index is 0.0293. The van der Waals surface area contributed by atoms with E-state index in [-0.39, 0.29) is 30.3 Å². The van der Waals surface area contributed by atoms with E-state index in [1.54, 1.807) is 12.1 Å². The van der Waals surface area contributed by atoms with Crippen LogP contribution in [0.4, 0.5) is 0 Å². The largest absolute Gasteiger partial charge is 0.447 e. The lowest BCUT2D eigenvalue weighted by Gasteiger charge is -2.40. The average Bonchev–Trinajstić information content (AvgIpc) is 3.47. The van der Waals surface area contributed by atoms with Crippen molar-refractivity contribution in [3.05, 3.63) is 35.9 Å². The van der Waals surface area contributed by atoms with Gasteiger partial charge in [-0.1, -0.05) is 57.0 Å². The third kappa shape index (κ3) is 4.52. The van der Waals surface area contributed by atoms with E-state index >= 15 is 0 Å². The first-order chi connectivity index (χ1) is 14.4. The molecule has 1 aliphatic heterocycles. The van der Waals surface area contributed by atoms with E-state index in [9.17, 15) is 14.4 Å². The fourth-order valence-corrected chi connectivity index (χ4v) is 4.82. The van der Waals surface area contributed by atoms with Crippen LogP contribution >= 0.6 is 0 Å². The molecule has 0 spiro atoms. The Bertz CT molecular complexity index is 792. The number of carbonyl (C=O) groups excluding carboxylic acids is 3. The molecule has 4 rings (SSSR count). The van der Waals surface area contributed by atoms with Gasteiger partial charge in [-0.3, -0.25) is 14.4 Å². The number of esters is 1. The first-order valence-electron chi connectivity index (χ1n) is 11.3. The quantitative estimate of drug-likeness (QED) is 0.728. The zero-order valence-corrected chi connectivity index (χ0v) is 17.9. The molecular formula is C24H32N2O4. The Morgan fingerprint density at radius 2 is 1.83 bits per heavy atom. The van der Waals surface area contributed by atoms with Gasteiger partial charge in [-0.25, -0.2) is 0 Å². The van der Waals surface area contributed by atoms with Crippen molar-refractivity contribution >= 4 is 17.8 Å². The van der Waals surface area contributed by atoms with Gasteiger partial charge in [0, 0.05) is 30.6 Å². The SMILES string of the molecule is C[C@@H]1[C@H](C)CCC[C@H]1N1C[C@H](C(=O)O[C@H](C(=O)NC2CC2)c2ccccc2)CC1=O. The van der Waals surface area contributed by atoms with Gasteiger partial charge in [-0.2, -0.15) is 0 Å². The highest BCUT2D eigenvalue weighted by Gasteiger charge is 2.43. The third-order valence-electron chi connectivity index (χ3n) is 7.05. The molecule has 1 aromatic carbocycles. The summed E-state index contributed by atoms with van der Waals surface area (Å²) in [6.45, 7) is 4.85. The Morgan fingerprint density at radius 3 is 2.53 bits per heavy atom. The van der Waals surface area contributed by atoms with E-state index < -0.39 is 18.0 Å². The molecule has 1 heterocycles. The summed E-state index contributed by atoms with van der Waals surface area (Å²) in [5.74, 6) is -0.214. The smallest absolute Gasteiger partial charge is 0.312 e. The van der Waals surface area contributed by atoms with Crippen LogP contribution in [0.2, 0.25) is 0 Å². The summed E-state index contributed by atoms with van der Waals surface area (Å²) < 4.78 is 5.71. The number of hydrogen-bond donors (Lipinski definition) is 1. The lowest BCUT2D eigenvalue weighted by atomic mass is 9.77. The molecule has 2 aliphatic carbocycles. The molecule has 30 heavy (non-hydrogen) atoms. The molecule has 1 saturated heterocycles. The molecule has 1 aromatic rings. The second kappa shape index (κ2) is 8.78. The molecule has 162 valence electrons. The predicted octanol–water partition coefficient (Wildman–Crippen LogP) is 3.22. The highest BCUT2D eigenvalue weighted by molar-refractivity contribution is 5.89. The number of nitrogens with zero attached hydrogens (tertiary/aromatic N) is 1. The van der Waals surface area contributed by atoms with Crippen LogP contribution in [0.5, 0.6) is 0 Å². The van der Waals surface area contributed by atoms with Crippen LogP contribution in [0.25, 0.3) is 0 Å². The van der Waals surface area contributed by atoms with Gasteiger partial charge in [0.05, 0.1) is 5.92 Å². The van der Waals surface area contributed by atoms with Crippen LogP contribution < -0.4 is 5.32 Å². The maximum atomic E-state index is 13.0. The molecule has 0 unspecified atom stereocenters. The van der Waals surface area contributed by atoms with Gasteiger partial charge < -0.3 is 15.0 Å². The molecule has 0 aromatic heterocycles. The Morgan fingerprint density at radius 1 is 1.10 bits per heavy atom. The third-order valence-corrected chi connectivity index (χ3v) is 7.05. The molecule has 3 aliphatic rings. The number of hydrogen-bond acceptors (Lipinski definition) is 4. The van der Waals surface area contributed by atoms with E-state index in [4.69, 9.17) is 4.74 Å². The van der Waals surface area contributed by atoms with Crippen molar-refractivity contribution in [2.24, 2.45) is 17.8 Å². The average molecular weight is 413 g/mol. The van der Waals surface area contributed by atoms with Gasteiger partial charge in [0.25, 0.3) is 5.91 Å². The number of rotatable bonds is 6. The zero-order chi connectivity index (χ0) is 21.3. The van der Waals surface area contributed by atoms with Crippen LogP contribution in [0.15, 0.2) is 30.3 Å². The molecule has 5 atom stereocenters. The van der Waals surface area contributed by atoms with Gasteiger partial charge in [0.2, 0.25) is 12.0 Å². The van der Waals surface area contributed by atoms with Crippen LogP contribution in [0.1, 0.15) is 64.0 Å². The highest BCUT2D eigenvalue weighted by atomic mass is 16.5. The van der Waals surface area contributed by atoms with Gasteiger partial charge in [-0.15, -0.1) is 0 Å². The number of nitrogens with one attached hydrogen (secondary N) is 1. The van der Waals surface area contributed by atoms with Crippen molar-refractivity contribution in [3.8, 4) is 0 Å². The van der Waals surface area contributed by atoms with Crippen LogP contribution in [0, 0.1) is 17.8 Å². The topological polar surface area (TPSA) is 75.7 Å². The van der Waals surface area contributed by atoms with E-state index in [1.807, 2.05) is 23.1 Å². The molecule has 6 heteroatoms. The fraction of sp³-hybridized carbons (Fsp3) is 0.625. The maximum absolute atomic E-state index is 13.0. The molecular weight excluding hydrogens is 380 g/mol. The molecule has 2 saturated carbocycles. The van der Waals surface area contributed by atoms with Gasteiger partial charge in [-0.05, 0) is 31.1 Å². The first-order valence-corrected chi connectivity index (χ1v) is 11.3. The molecule has 1 N–H and O–H groups in total. The summed E-state index contributed by atoms with van der Waals surface area (Å²) in [6.07, 6.45) is 4.43. The maximum Gasteiger partial charge on any atom is 0.312 e. The number of likely N-dealkylation sites (tertiary alicyclic amines) is 1. The van der Waals surface area contributed by atoms with Crippen molar-refractivity contribution in [1.29, 1.82) is 0 Å². The van der Waals surface area contributed by atoms with Crippen molar-refractivity contribution in [3.63, 3.8) is 0 Å². The number of amides is 2. The van der Waals surface area contributed by atoms with Crippen molar-refractivity contribution < 1.29 is 19.1 Å². The molecule has 2 amide bonds.